The molecule has 102 valence electrons. The molecular weight excluding hydrogens is 224 g/mol. The fourth-order valence-corrected chi connectivity index (χ4v) is 2.35. The first-order valence-corrected chi connectivity index (χ1v) is 7.08. The largest absolute Gasteiger partial charge is 0.312 e. The Bertz CT molecular complexity index is 402. The molecule has 0 bridgehead atoms. The van der Waals surface area contributed by atoms with E-state index in [9.17, 15) is 0 Å². The fraction of sp³-hybridized carbons (Fsp3) is 0.857. The predicted octanol–water partition coefficient (Wildman–Crippen LogP) is 2.56. The van der Waals surface area contributed by atoms with Crippen molar-refractivity contribution in [1.82, 2.24) is 20.1 Å². The van der Waals surface area contributed by atoms with Gasteiger partial charge < -0.3 is 9.88 Å². The standard InChI is InChI=1S/C14H26N4/c1-6-11-13-17-16-12(18(13)8-7-15-11)9-10(2)14(3,4)5/h10-11,15H,6-9H2,1-5H3. The summed E-state index contributed by atoms with van der Waals surface area (Å²) in [6.07, 6.45) is 2.10. The summed E-state index contributed by atoms with van der Waals surface area (Å²) in [5.41, 5.74) is 0.323. The highest BCUT2D eigenvalue weighted by Gasteiger charge is 2.27. The Balaban J connectivity index is 2.19. The average molecular weight is 250 g/mol. The Labute approximate surface area is 110 Å². The Kier molecular flexibility index (Phi) is 3.76. The summed E-state index contributed by atoms with van der Waals surface area (Å²) in [4.78, 5) is 0. The second kappa shape index (κ2) is 5.00. The van der Waals surface area contributed by atoms with E-state index in [-0.39, 0.29) is 0 Å². The van der Waals surface area contributed by atoms with Crippen LogP contribution in [-0.2, 0) is 13.0 Å². The van der Waals surface area contributed by atoms with Crippen molar-refractivity contribution in [3.8, 4) is 0 Å². The Morgan fingerprint density at radius 3 is 2.72 bits per heavy atom. The van der Waals surface area contributed by atoms with Gasteiger partial charge >= 0.3 is 0 Å². The van der Waals surface area contributed by atoms with E-state index in [4.69, 9.17) is 0 Å². The van der Waals surface area contributed by atoms with Crippen molar-refractivity contribution in [2.45, 2.75) is 60.0 Å². The highest BCUT2D eigenvalue weighted by atomic mass is 15.3. The van der Waals surface area contributed by atoms with Crippen LogP contribution in [0.3, 0.4) is 0 Å². The lowest BCUT2D eigenvalue weighted by Gasteiger charge is -2.28. The van der Waals surface area contributed by atoms with Crippen LogP contribution in [0.25, 0.3) is 0 Å². The van der Waals surface area contributed by atoms with Crippen molar-refractivity contribution in [3.63, 3.8) is 0 Å². The molecule has 2 atom stereocenters. The van der Waals surface area contributed by atoms with Gasteiger partial charge in [-0.25, -0.2) is 0 Å². The lowest BCUT2D eigenvalue weighted by atomic mass is 9.80. The third kappa shape index (κ3) is 2.58. The molecule has 0 saturated carbocycles. The van der Waals surface area contributed by atoms with Crippen LogP contribution in [0.2, 0.25) is 0 Å². The highest BCUT2D eigenvalue weighted by Crippen LogP contribution is 2.29. The van der Waals surface area contributed by atoms with Crippen LogP contribution < -0.4 is 5.32 Å². The molecule has 1 aromatic heterocycles. The molecule has 4 nitrogen and oxygen atoms in total. The number of fused-ring (bicyclic) bond motifs is 1. The van der Waals surface area contributed by atoms with E-state index in [2.05, 4.69) is 54.7 Å². The first-order valence-electron chi connectivity index (χ1n) is 7.08. The van der Waals surface area contributed by atoms with Crippen molar-refractivity contribution in [3.05, 3.63) is 11.6 Å². The van der Waals surface area contributed by atoms with E-state index in [1.54, 1.807) is 0 Å². The van der Waals surface area contributed by atoms with E-state index in [1.807, 2.05) is 0 Å². The van der Waals surface area contributed by atoms with E-state index in [0.717, 1.165) is 37.6 Å². The molecule has 2 unspecified atom stereocenters. The van der Waals surface area contributed by atoms with Crippen molar-refractivity contribution in [2.24, 2.45) is 11.3 Å². The number of hydrogen-bond acceptors (Lipinski definition) is 3. The summed E-state index contributed by atoms with van der Waals surface area (Å²) in [5, 5.41) is 12.3. The molecule has 1 aromatic rings. The number of nitrogens with zero attached hydrogens (tertiary/aromatic N) is 3. The van der Waals surface area contributed by atoms with Crippen LogP contribution in [0.5, 0.6) is 0 Å². The van der Waals surface area contributed by atoms with Gasteiger partial charge in [-0.2, -0.15) is 0 Å². The van der Waals surface area contributed by atoms with Gasteiger partial charge in [0.15, 0.2) is 0 Å². The SMILES string of the molecule is CCC1NCCn2c(CC(C)C(C)(C)C)nnc21. The third-order valence-corrected chi connectivity index (χ3v) is 4.27. The van der Waals surface area contributed by atoms with Gasteiger partial charge in [0, 0.05) is 19.5 Å². The summed E-state index contributed by atoms with van der Waals surface area (Å²) < 4.78 is 2.33. The first kappa shape index (κ1) is 13.5. The van der Waals surface area contributed by atoms with Gasteiger partial charge in [0.25, 0.3) is 0 Å². The Morgan fingerprint density at radius 2 is 2.11 bits per heavy atom. The number of rotatable bonds is 3. The lowest BCUT2D eigenvalue weighted by molar-refractivity contribution is 0.253. The van der Waals surface area contributed by atoms with E-state index in [0.29, 0.717) is 17.4 Å². The van der Waals surface area contributed by atoms with E-state index >= 15 is 0 Å². The summed E-state index contributed by atoms with van der Waals surface area (Å²) in [5.74, 6) is 2.90. The Hall–Kier alpha value is -0.900. The van der Waals surface area contributed by atoms with Crippen molar-refractivity contribution >= 4 is 0 Å². The fourth-order valence-electron chi connectivity index (χ4n) is 2.35. The molecule has 1 aliphatic heterocycles. The van der Waals surface area contributed by atoms with Gasteiger partial charge in [-0.15, -0.1) is 10.2 Å². The molecule has 0 fully saturated rings. The normalized spacial score (nSPS) is 21.7. The number of hydrogen-bond donors (Lipinski definition) is 1. The van der Waals surface area contributed by atoms with Crippen molar-refractivity contribution in [1.29, 1.82) is 0 Å². The summed E-state index contributed by atoms with van der Waals surface area (Å²) in [6, 6.07) is 0.380. The minimum absolute atomic E-state index is 0.323. The van der Waals surface area contributed by atoms with Gasteiger partial charge in [0.2, 0.25) is 0 Å². The maximum Gasteiger partial charge on any atom is 0.150 e. The molecule has 1 N–H and O–H groups in total. The molecule has 0 radical (unpaired) electrons. The Morgan fingerprint density at radius 1 is 1.39 bits per heavy atom. The highest BCUT2D eigenvalue weighted by molar-refractivity contribution is 5.05. The molecule has 0 aromatic carbocycles. The molecule has 1 aliphatic rings. The number of aromatic nitrogens is 3. The second-order valence-corrected chi connectivity index (χ2v) is 6.51. The zero-order chi connectivity index (χ0) is 13.3. The van der Waals surface area contributed by atoms with Crippen molar-refractivity contribution in [2.75, 3.05) is 6.54 Å². The van der Waals surface area contributed by atoms with Gasteiger partial charge in [0.1, 0.15) is 11.6 Å². The average Bonchev–Trinajstić information content (AvgIpc) is 2.71. The first-order chi connectivity index (χ1) is 8.43. The smallest absolute Gasteiger partial charge is 0.150 e. The summed E-state index contributed by atoms with van der Waals surface area (Å²) in [6.45, 7) is 13.4. The molecule has 0 saturated heterocycles. The van der Waals surface area contributed by atoms with Crippen LogP contribution in [0.1, 0.15) is 58.7 Å². The topological polar surface area (TPSA) is 42.7 Å². The zero-order valence-electron chi connectivity index (χ0n) is 12.3. The van der Waals surface area contributed by atoms with Crippen LogP contribution in [0.4, 0.5) is 0 Å². The molecule has 2 rings (SSSR count). The predicted molar refractivity (Wildman–Crippen MR) is 73.4 cm³/mol. The summed E-state index contributed by atoms with van der Waals surface area (Å²) in [7, 11) is 0. The molecule has 2 heterocycles. The van der Waals surface area contributed by atoms with Crippen LogP contribution >= 0.6 is 0 Å². The monoisotopic (exact) mass is 250 g/mol. The van der Waals surface area contributed by atoms with E-state index in [1.165, 1.54) is 0 Å². The molecule has 0 spiro atoms. The molecular formula is C14H26N4. The van der Waals surface area contributed by atoms with Gasteiger partial charge in [-0.1, -0.05) is 34.6 Å². The summed E-state index contributed by atoms with van der Waals surface area (Å²) >= 11 is 0. The minimum Gasteiger partial charge on any atom is -0.312 e. The van der Waals surface area contributed by atoms with Crippen LogP contribution in [0.15, 0.2) is 0 Å². The molecule has 18 heavy (non-hydrogen) atoms. The maximum absolute atomic E-state index is 4.42. The third-order valence-electron chi connectivity index (χ3n) is 4.27. The lowest BCUT2D eigenvalue weighted by Crippen LogP contribution is -2.34. The van der Waals surface area contributed by atoms with Gasteiger partial charge in [-0.05, 0) is 17.8 Å². The van der Waals surface area contributed by atoms with E-state index < -0.39 is 0 Å². The number of nitrogens with one attached hydrogen (secondary N) is 1. The van der Waals surface area contributed by atoms with Gasteiger partial charge in [-0.3, -0.25) is 0 Å². The zero-order valence-corrected chi connectivity index (χ0v) is 12.3. The van der Waals surface area contributed by atoms with Crippen molar-refractivity contribution < 1.29 is 0 Å². The van der Waals surface area contributed by atoms with Crippen LogP contribution in [0, 0.1) is 11.3 Å². The second-order valence-electron chi connectivity index (χ2n) is 6.51. The molecule has 4 heteroatoms. The minimum atomic E-state index is 0.323. The quantitative estimate of drug-likeness (QED) is 0.896. The maximum atomic E-state index is 4.42. The van der Waals surface area contributed by atoms with Crippen LogP contribution in [-0.4, -0.2) is 21.3 Å². The molecule has 0 aliphatic carbocycles. The van der Waals surface area contributed by atoms with Gasteiger partial charge in [0.05, 0.1) is 6.04 Å². The molecule has 0 amide bonds.